The van der Waals surface area contributed by atoms with Gasteiger partial charge in [-0.3, -0.25) is 4.98 Å². The summed E-state index contributed by atoms with van der Waals surface area (Å²) in [6.45, 7) is 4.07. The Morgan fingerprint density at radius 3 is 2.33 bits per heavy atom. The second kappa shape index (κ2) is 3.23. The normalized spacial score (nSPS) is 8.22. The molecule has 0 atom stereocenters. The number of hydrogen-bond acceptors (Lipinski definition) is 1. The molecule has 0 saturated heterocycles. The Hall–Kier alpha value is -0.850. The van der Waals surface area contributed by atoms with E-state index in [9.17, 15) is 0 Å². The van der Waals surface area contributed by atoms with Crippen molar-refractivity contribution in [2.75, 3.05) is 0 Å². The van der Waals surface area contributed by atoms with Crippen LogP contribution in [-0.4, -0.2) is 4.98 Å². The van der Waals surface area contributed by atoms with Gasteiger partial charge in [-0.15, -0.1) is 0 Å². The first kappa shape index (κ1) is 8.15. The number of nitrogens with zero attached hydrogens (tertiary/aromatic N) is 1. The van der Waals surface area contributed by atoms with Gasteiger partial charge in [0, 0.05) is 11.9 Å². The molecule has 1 rings (SSSR count). The molecule has 0 aliphatic carbocycles. The Morgan fingerprint density at radius 2 is 2.00 bits per heavy atom. The van der Waals surface area contributed by atoms with Crippen LogP contribution in [0.15, 0.2) is 18.3 Å². The molecule has 0 aliphatic heterocycles. The second-order valence-electron chi connectivity index (χ2n) is 1.91. The van der Waals surface area contributed by atoms with Gasteiger partial charge in [-0.05, 0) is 25.5 Å². The Balaban J connectivity index is 0.000000640. The highest BCUT2D eigenvalue weighted by Crippen LogP contribution is 1.98. The Bertz CT molecular complexity index is 161. The molecule has 0 spiro atoms. The third-order valence-corrected chi connectivity index (χ3v) is 1.27. The molecule has 0 saturated carbocycles. The second-order valence-corrected chi connectivity index (χ2v) is 1.91. The van der Waals surface area contributed by atoms with Crippen LogP contribution in [-0.2, 0) is 0 Å². The van der Waals surface area contributed by atoms with Crippen molar-refractivity contribution < 1.29 is 0 Å². The van der Waals surface area contributed by atoms with Gasteiger partial charge in [-0.1, -0.05) is 13.5 Å². The van der Waals surface area contributed by atoms with Gasteiger partial charge in [-0.2, -0.15) is 0 Å². The molecular weight excluding hydrogens is 110 g/mol. The molecule has 1 aromatic rings. The Labute approximate surface area is 56.8 Å². The highest BCUT2D eigenvalue weighted by Gasteiger charge is 1.85. The highest BCUT2D eigenvalue weighted by molar-refractivity contribution is 5.15. The van der Waals surface area contributed by atoms with Crippen LogP contribution in [0.3, 0.4) is 0 Å². The van der Waals surface area contributed by atoms with Gasteiger partial charge in [0.25, 0.3) is 0 Å². The minimum atomic E-state index is 0. The van der Waals surface area contributed by atoms with E-state index in [1.807, 2.05) is 19.2 Å². The summed E-state index contributed by atoms with van der Waals surface area (Å²) < 4.78 is 0. The monoisotopic (exact) mass is 123 g/mol. The van der Waals surface area contributed by atoms with Crippen molar-refractivity contribution in [2.24, 2.45) is 0 Å². The molecule has 0 bridgehead atoms. The minimum Gasteiger partial charge on any atom is -0.261 e. The van der Waals surface area contributed by atoms with Crippen molar-refractivity contribution in [3.05, 3.63) is 29.6 Å². The fourth-order valence-electron chi connectivity index (χ4n) is 0.565. The van der Waals surface area contributed by atoms with Gasteiger partial charge < -0.3 is 0 Å². The molecule has 1 heteroatoms. The van der Waals surface area contributed by atoms with Crippen molar-refractivity contribution >= 4 is 0 Å². The SMILES string of the molecule is C.Cc1cccnc1C. The molecule has 1 nitrogen and oxygen atoms in total. The summed E-state index contributed by atoms with van der Waals surface area (Å²) >= 11 is 0. The molecule has 0 unspecified atom stereocenters. The molecule has 1 heterocycles. The third kappa shape index (κ3) is 1.84. The number of hydrogen-bond donors (Lipinski definition) is 0. The fraction of sp³-hybridized carbons (Fsp3) is 0.375. The summed E-state index contributed by atoms with van der Waals surface area (Å²) in [6, 6.07) is 4.00. The van der Waals surface area contributed by atoms with Crippen LogP contribution in [0, 0.1) is 13.8 Å². The topological polar surface area (TPSA) is 12.9 Å². The van der Waals surface area contributed by atoms with E-state index in [1.54, 1.807) is 0 Å². The predicted molar refractivity (Wildman–Crippen MR) is 40.4 cm³/mol. The zero-order valence-corrected chi connectivity index (χ0v) is 5.18. The number of aryl methyl sites for hydroxylation is 2. The molecule has 50 valence electrons. The Morgan fingerprint density at radius 1 is 1.33 bits per heavy atom. The van der Waals surface area contributed by atoms with Crippen LogP contribution in [0.4, 0.5) is 0 Å². The van der Waals surface area contributed by atoms with E-state index >= 15 is 0 Å². The average molecular weight is 123 g/mol. The zero-order chi connectivity index (χ0) is 5.98. The molecule has 9 heavy (non-hydrogen) atoms. The van der Waals surface area contributed by atoms with E-state index in [4.69, 9.17) is 0 Å². The molecule has 0 fully saturated rings. The molecule has 1 aromatic heterocycles. The first-order valence-corrected chi connectivity index (χ1v) is 2.69. The van der Waals surface area contributed by atoms with Gasteiger partial charge in [0.15, 0.2) is 0 Å². The van der Waals surface area contributed by atoms with Crippen LogP contribution in [0.25, 0.3) is 0 Å². The molecule has 0 radical (unpaired) electrons. The van der Waals surface area contributed by atoms with Crippen molar-refractivity contribution in [3.8, 4) is 0 Å². The maximum Gasteiger partial charge on any atom is 0.0401 e. The summed E-state index contributed by atoms with van der Waals surface area (Å²) in [5, 5.41) is 0. The van der Waals surface area contributed by atoms with Crippen LogP contribution in [0.5, 0.6) is 0 Å². The van der Waals surface area contributed by atoms with Gasteiger partial charge in [-0.25, -0.2) is 0 Å². The van der Waals surface area contributed by atoms with Gasteiger partial charge >= 0.3 is 0 Å². The smallest absolute Gasteiger partial charge is 0.0401 e. The largest absolute Gasteiger partial charge is 0.261 e. The lowest BCUT2D eigenvalue weighted by atomic mass is 10.2. The van der Waals surface area contributed by atoms with E-state index in [0.717, 1.165) is 5.69 Å². The quantitative estimate of drug-likeness (QED) is 0.516. The van der Waals surface area contributed by atoms with Crippen LogP contribution in [0.1, 0.15) is 18.7 Å². The van der Waals surface area contributed by atoms with Crippen molar-refractivity contribution in [3.63, 3.8) is 0 Å². The summed E-state index contributed by atoms with van der Waals surface area (Å²) in [5.41, 5.74) is 2.38. The molecular formula is C8H13N. The van der Waals surface area contributed by atoms with Crippen molar-refractivity contribution in [1.82, 2.24) is 4.98 Å². The van der Waals surface area contributed by atoms with Crippen LogP contribution >= 0.6 is 0 Å². The van der Waals surface area contributed by atoms with Crippen LogP contribution < -0.4 is 0 Å². The van der Waals surface area contributed by atoms with E-state index in [-0.39, 0.29) is 7.43 Å². The van der Waals surface area contributed by atoms with E-state index < -0.39 is 0 Å². The minimum absolute atomic E-state index is 0. The maximum atomic E-state index is 4.08. The maximum absolute atomic E-state index is 4.08. The molecule has 0 aliphatic rings. The lowest BCUT2D eigenvalue weighted by molar-refractivity contribution is 1.15. The zero-order valence-electron chi connectivity index (χ0n) is 5.18. The first-order valence-electron chi connectivity index (χ1n) is 2.69. The van der Waals surface area contributed by atoms with Crippen molar-refractivity contribution in [2.45, 2.75) is 21.3 Å². The van der Waals surface area contributed by atoms with Crippen molar-refractivity contribution in [1.29, 1.82) is 0 Å². The average Bonchev–Trinajstić information content (AvgIpc) is 1.77. The third-order valence-electron chi connectivity index (χ3n) is 1.27. The van der Waals surface area contributed by atoms with E-state index in [2.05, 4.69) is 18.0 Å². The van der Waals surface area contributed by atoms with Gasteiger partial charge in [0.2, 0.25) is 0 Å². The number of rotatable bonds is 0. The predicted octanol–water partition coefficient (Wildman–Crippen LogP) is 2.33. The first-order chi connectivity index (χ1) is 3.80. The summed E-state index contributed by atoms with van der Waals surface area (Å²) in [5.74, 6) is 0. The van der Waals surface area contributed by atoms with Crippen LogP contribution in [0.2, 0.25) is 0 Å². The number of pyridine rings is 1. The standard InChI is InChI=1S/C7H9N.CH4/c1-6-4-3-5-8-7(6)2;/h3-5H,1-2H3;1H4. The molecule has 0 amide bonds. The summed E-state index contributed by atoms with van der Waals surface area (Å²) in [4.78, 5) is 4.08. The fourth-order valence-corrected chi connectivity index (χ4v) is 0.565. The lowest BCUT2D eigenvalue weighted by Crippen LogP contribution is -1.81. The summed E-state index contributed by atoms with van der Waals surface area (Å²) in [7, 11) is 0. The number of aromatic nitrogens is 1. The van der Waals surface area contributed by atoms with Gasteiger partial charge in [0.05, 0.1) is 0 Å². The molecule has 0 aromatic carbocycles. The highest BCUT2D eigenvalue weighted by atomic mass is 14.6. The Kier molecular flexibility index (Phi) is 2.93. The van der Waals surface area contributed by atoms with E-state index in [1.165, 1.54) is 5.56 Å². The lowest BCUT2D eigenvalue weighted by Gasteiger charge is -1.92. The van der Waals surface area contributed by atoms with Gasteiger partial charge in [0.1, 0.15) is 0 Å². The van der Waals surface area contributed by atoms with E-state index in [0.29, 0.717) is 0 Å². The summed E-state index contributed by atoms with van der Waals surface area (Å²) in [6.07, 6.45) is 1.81. The molecule has 0 N–H and O–H groups in total.